The van der Waals surface area contributed by atoms with Gasteiger partial charge in [-0.1, -0.05) is 37.0 Å². The summed E-state index contributed by atoms with van der Waals surface area (Å²) in [7, 11) is 1.61. The van der Waals surface area contributed by atoms with Crippen molar-refractivity contribution in [3.63, 3.8) is 0 Å². The van der Waals surface area contributed by atoms with Crippen molar-refractivity contribution >= 4 is 51.7 Å². The van der Waals surface area contributed by atoms with Gasteiger partial charge in [-0.05, 0) is 38.0 Å². The topological polar surface area (TPSA) is 75.9 Å². The SMILES string of the molecule is CCC(C)N1C(=O)C(=Cc2c(NCCOC)nc3c(C)cccn3c2=O)SC1=S. The summed E-state index contributed by atoms with van der Waals surface area (Å²) in [5.41, 5.74) is 1.54. The van der Waals surface area contributed by atoms with Crippen LogP contribution in [0, 0.1) is 6.92 Å². The molecule has 1 N–H and O–H groups in total. The van der Waals surface area contributed by atoms with Crippen molar-refractivity contribution in [2.24, 2.45) is 0 Å². The second kappa shape index (κ2) is 9.06. The van der Waals surface area contributed by atoms with Crippen LogP contribution < -0.4 is 10.9 Å². The van der Waals surface area contributed by atoms with Gasteiger partial charge in [0.05, 0.1) is 17.1 Å². The number of nitrogens with one attached hydrogen (secondary N) is 1. The van der Waals surface area contributed by atoms with E-state index in [1.807, 2.05) is 26.8 Å². The summed E-state index contributed by atoms with van der Waals surface area (Å²) in [4.78, 5) is 32.8. The number of hydrogen-bond donors (Lipinski definition) is 1. The maximum Gasteiger partial charge on any atom is 0.267 e. The minimum atomic E-state index is -0.243. The number of hydrogen-bond acceptors (Lipinski definition) is 7. The molecule has 2 aromatic rings. The predicted molar refractivity (Wildman–Crippen MR) is 121 cm³/mol. The minimum absolute atomic E-state index is 0.00572. The molecule has 154 valence electrons. The van der Waals surface area contributed by atoms with Gasteiger partial charge in [-0.2, -0.15) is 0 Å². The van der Waals surface area contributed by atoms with E-state index in [1.54, 1.807) is 30.3 Å². The largest absolute Gasteiger partial charge is 0.383 e. The van der Waals surface area contributed by atoms with Gasteiger partial charge in [0.2, 0.25) is 0 Å². The number of amides is 1. The number of carbonyl (C=O) groups is 1. The molecule has 1 amide bonds. The molecule has 0 bridgehead atoms. The maximum atomic E-state index is 13.2. The highest BCUT2D eigenvalue weighted by Gasteiger charge is 2.35. The van der Waals surface area contributed by atoms with E-state index in [0.717, 1.165) is 12.0 Å². The van der Waals surface area contributed by atoms with Gasteiger partial charge in [-0.3, -0.25) is 18.9 Å². The lowest BCUT2D eigenvalue weighted by Crippen LogP contribution is -2.36. The van der Waals surface area contributed by atoms with Crippen molar-refractivity contribution in [3.8, 4) is 0 Å². The van der Waals surface area contributed by atoms with E-state index in [1.165, 1.54) is 16.2 Å². The standard InChI is InChI=1S/C20H24N4O3S2/c1-5-13(3)24-19(26)15(29-20(24)28)11-14-16(21-8-10-27-4)22-17-12(2)7-6-9-23(17)18(14)25/h6-7,9,11,13,21H,5,8,10H2,1-4H3. The number of aromatic nitrogens is 2. The van der Waals surface area contributed by atoms with E-state index in [2.05, 4.69) is 10.3 Å². The molecule has 0 aromatic carbocycles. The summed E-state index contributed by atoms with van der Waals surface area (Å²) >= 11 is 6.61. The molecule has 9 heteroatoms. The van der Waals surface area contributed by atoms with E-state index >= 15 is 0 Å². The number of pyridine rings is 1. The number of thioether (sulfide) groups is 1. The number of anilines is 1. The Morgan fingerprint density at radius 3 is 2.86 bits per heavy atom. The molecule has 1 saturated heterocycles. The van der Waals surface area contributed by atoms with Crippen LogP contribution in [-0.4, -0.2) is 50.8 Å². The molecule has 7 nitrogen and oxygen atoms in total. The van der Waals surface area contributed by atoms with E-state index in [-0.39, 0.29) is 17.5 Å². The Bertz CT molecular complexity index is 1050. The fourth-order valence-corrected chi connectivity index (χ4v) is 4.47. The Balaban J connectivity index is 2.12. The first-order valence-corrected chi connectivity index (χ1v) is 10.6. The zero-order chi connectivity index (χ0) is 21.1. The number of carbonyl (C=O) groups excluding carboxylic acids is 1. The van der Waals surface area contributed by atoms with Crippen LogP contribution in [0.5, 0.6) is 0 Å². The van der Waals surface area contributed by atoms with Crippen molar-refractivity contribution in [2.75, 3.05) is 25.6 Å². The maximum absolute atomic E-state index is 13.2. The summed E-state index contributed by atoms with van der Waals surface area (Å²) in [5, 5.41) is 3.16. The van der Waals surface area contributed by atoms with Crippen LogP contribution >= 0.6 is 24.0 Å². The van der Waals surface area contributed by atoms with Gasteiger partial charge in [0.1, 0.15) is 15.8 Å². The predicted octanol–water partition coefficient (Wildman–Crippen LogP) is 3.06. The number of ether oxygens (including phenoxy) is 1. The summed E-state index contributed by atoms with van der Waals surface area (Å²) < 4.78 is 7.10. The monoisotopic (exact) mass is 432 g/mol. The average molecular weight is 433 g/mol. The van der Waals surface area contributed by atoms with Crippen molar-refractivity contribution in [1.29, 1.82) is 0 Å². The molecule has 0 saturated carbocycles. The molecule has 1 fully saturated rings. The van der Waals surface area contributed by atoms with Gasteiger partial charge in [0.15, 0.2) is 0 Å². The summed E-state index contributed by atoms with van der Waals surface area (Å²) in [6, 6.07) is 3.71. The molecule has 0 radical (unpaired) electrons. The van der Waals surface area contributed by atoms with Gasteiger partial charge in [0, 0.05) is 25.9 Å². The fraction of sp³-hybridized carbons (Fsp3) is 0.400. The fourth-order valence-electron chi connectivity index (χ4n) is 3.02. The Morgan fingerprint density at radius 1 is 1.41 bits per heavy atom. The van der Waals surface area contributed by atoms with Crippen molar-refractivity contribution in [2.45, 2.75) is 33.2 Å². The Labute approximate surface area is 179 Å². The van der Waals surface area contributed by atoms with Crippen LogP contribution in [0.15, 0.2) is 28.0 Å². The highest BCUT2D eigenvalue weighted by Crippen LogP contribution is 2.34. The normalized spacial score (nSPS) is 16.8. The second-order valence-corrected chi connectivity index (χ2v) is 8.47. The van der Waals surface area contributed by atoms with Crippen molar-refractivity contribution in [1.82, 2.24) is 14.3 Å². The number of thiocarbonyl (C=S) groups is 1. The van der Waals surface area contributed by atoms with Crippen LogP contribution in [0.25, 0.3) is 11.7 Å². The van der Waals surface area contributed by atoms with Gasteiger partial charge in [-0.25, -0.2) is 4.98 Å². The highest BCUT2D eigenvalue weighted by atomic mass is 32.2. The van der Waals surface area contributed by atoms with Crippen LogP contribution in [0.1, 0.15) is 31.4 Å². The minimum Gasteiger partial charge on any atom is -0.383 e. The molecule has 0 aliphatic carbocycles. The van der Waals surface area contributed by atoms with Crippen LogP contribution in [0.2, 0.25) is 0 Å². The molecule has 1 aliphatic heterocycles. The van der Waals surface area contributed by atoms with Gasteiger partial charge in [0.25, 0.3) is 11.5 Å². The Hall–Kier alpha value is -2.23. The smallest absolute Gasteiger partial charge is 0.267 e. The lowest BCUT2D eigenvalue weighted by atomic mass is 10.2. The van der Waals surface area contributed by atoms with Gasteiger partial charge in [-0.15, -0.1) is 0 Å². The molecule has 1 atom stereocenters. The average Bonchev–Trinajstić information content (AvgIpc) is 2.98. The third-order valence-electron chi connectivity index (χ3n) is 4.81. The lowest BCUT2D eigenvalue weighted by Gasteiger charge is -2.21. The molecule has 1 aliphatic rings. The highest BCUT2D eigenvalue weighted by molar-refractivity contribution is 8.26. The van der Waals surface area contributed by atoms with E-state index in [4.69, 9.17) is 17.0 Å². The first-order valence-electron chi connectivity index (χ1n) is 9.40. The zero-order valence-electron chi connectivity index (χ0n) is 16.9. The number of rotatable bonds is 7. The lowest BCUT2D eigenvalue weighted by molar-refractivity contribution is -0.123. The molecule has 3 heterocycles. The molecule has 2 aromatic heterocycles. The number of nitrogens with zero attached hydrogens (tertiary/aromatic N) is 3. The summed E-state index contributed by atoms with van der Waals surface area (Å²) in [6.07, 6.45) is 4.07. The molecule has 0 spiro atoms. The Morgan fingerprint density at radius 2 is 2.17 bits per heavy atom. The number of fused-ring (bicyclic) bond motifs is 1. The van der Waals surface area contributed by atoms with E-state index < -0.39 is 0 Å². The molecule has 1 unspecified atom stereocenters. The molecular weight excluding hydrogens is 408 g/mol. The zero-order valence-corrected chi connectivity index (χ0v) is 18.5. The Kier molecular flexibility index (Phi) is 6.71. The molecule has 3 rings (SSSR count). The second-order valence-electron chi connectivity index (χ2n) is 6.79. The summed E-state index contributed by atoms with van der Waals surface area (Å²) in [5.74, 6) is 0.251. The van der Waals surface area contributed by atoms with E-state index in [0.29, 0.717) is 39.4 Å². The number of methoxy groups -OCH3 is 1. The van der Waals surface area contributed by atoms with Crippen LogP contribution in [0.3, 0.4) is 0 Å². The van der Waals surface area contributed by atoms with E-state index in [9.17, 15) is 9.59 Å². The van der Waals surface area contributed by atoms with Crippen molar-refractivity contribution in [3.05, 3.63) is 44.7 Å². The number of aryl methyl sites for hydroxylation is 1. The quantitative estimate of drug-likeness (QED) is 0.409. The van der Waals surface area contributed by atoms with Crippen LogP contribution in [0.4, 0.5) is 5.82 Å². The third-order valence-corrected chi connectivity index (χ3v) is 6.14. The summed E-state index contributed by atoms with van der Waals surface area (Å²) in [6.45, 7) is 6.81. The molecular formula is C20H24N4O3S2. The first-order chi connectivity index (χ1) is 13.9. The van der Waals surface area contributed by atoms with Gasteiger partial charge >= 0.3 is 0 Å². The first kappa shape index (κ1) is 21.5. The molecule has 29 heavy (non-hydrogen) atoms. The van der Waals surface area contributed by atoms with Crippen LogP contribution in [-0.2, 0) is 9.53 Å². The third kappa shape index (κ3) is 4.22. The van der Waals surface area contributed by atoms with Gasteiger partial charge < -0.3 is 10.1 Å². The van der Waals surface area contributed by atoms with Crippen molar-refractivity contribution < 1.29 is 9.53 Å².